The highest BCUT2D eigenvalue weighted by Crippen LogP contribution is 2.24. The van der Waals surface area contributed by atoms with Crippen LogP contribution in [0, 0.1) is 11.6 Å². The molecule has 3 amide bonds. The second kappa shape index (κ2) is 4.04. The van der Waals surface area contributed by atoms with Gasteiger partial charge in [-0.15, -0.1) is 0 Å². The molecule has 0 aromatic heterocycles. The lowest BCUT2D eigenvalue weighted by atomic mass is 10.0. The second-order valence-electron chi connectivity index (χ2n) is 4.64. The molecule has 1 aliphatic heterocycles. The van der Waals surface area contributed by atoms with E-state index >= 15 is 0 Å². The molecule has 0 unspecified atom stereocenters. The molecule has 96 valence electrons. The van der Waals surface area contributed by atoms with Gasteiger partial charge in [0.15, 0.2) is 0 Å². The van der Waals surface area contributed by atoms with E-state index in [9.17, 15) is 18.4 Å². The molecule has 0 spiro atoms. The summed E-state index contributed by atoms with van der Waals surface area (Å²) in [6.45, 7) is 3.04. The van der Waals surface area contributed by atoms with E-state index in [1.54, 1.807) is 13.8 Å². The van der Waals surface area contributed by atoms with E-state index in [-0.39, 0.29) is 12.1 Å². The zero-order valence-electron chi connectivity index (χ0n) is 9.96. The molecular weight excluding hydrogens is 242 g/mol. The normalized spacial score (nSPS) is 18.1. The Kier molecular flexibility index (Phi) is 2.80. The molecule has 1 fully saturated rings. The number of hydrogen-bond acceptors (Lipinski definition) is 2. The standard InChI is InChI=1S/C12H12F2N2O2/c1-12(2)10(17)15-11(18)16(12)6-7-3-4-8(13)5-9(7)14/h3-5H,6H2,1-2H3,(H,15,17,18). The third-order valence-electron chi connectivity index (χ3n) is 3.04. The Bertz CT molecular complexity index is 529. The number of carbonyl (C=O) groups excluding carboxylic acids is 2. The van der Waals surface area contributed by atoms with E-state index in [1.165, 1.54) is 11.0 Å². The number of nitrogens with one attached hydrogen (secondary N) is 1. The average molecular weight is 254 g/mol. The fourth-order valence-electron chi connectivity index (χ4n) is 1.78. The van der Waals surface area contributed by atoms with Crippen LogP contribution < -0.4 is 5.32 Å². The van der Waals surface area contributed by atoms with Crippen molar-refractivity contribution < 1.29 is 18.4 Å². The lowest BCUT2D eigenvalue weighted by Gasteiger charge is -2.28. The highest BCUT2D eigenvalue weighted by Gasteiger charge is 2.45. The number of hydrogen-bond donors (Lipinski definition) is 1. The van der Waals surface area contributed by atoms with Crippen LogP contribution in [0.1, 0.15) is 19.4 Å². The number of urea groups is 1. The molecule has 1 aliphatic rings. The lowest BCUT2D eigenvalue weighted by molar-refractivity contribution is -0.125. The highest BCUT2D eigenvalue weighted by atomic mass is 19.1. The van der Waals surface area contributed by atoms with Crippen LogP contribution >= 0.6 is 0 Å². The first-order chi connectivity index (χ1) is 8.32. The molecule has 6 heteroatoms. The fourth-order valence-corrected chi connectivity index (χ4v) is 1.78. The molecule has 0 aliphatic carbocycles. The van der Waals surface area contributed by atoms with Gasteiger partial charge in [0, 0.05) is 11.6 Å². The molecule has 0 atom stereocenters. The van der Waals surface area contributed by atoms with Gasteiger partial charge in [0.2, 0.25) is 0 Å². The van der Waals surface area contributed by atoms with E-state index in [4.69, 9.17) is 0 Å². The minimum Gasteiger partial charge on any atom is -0.306 e. The van der Waals surface area contributed by atoms with E-state index in [1.807, 2.05) is 0 Å². The monoisotopic (exact) mass is 254 g/mol. The Morgan fingerprint density at radius 3 is 2.44 bits per heavy atom. The Balaban J connectivity index is 2.28. The first-order valence-corrected chi connectivity index (χ1v) is 5.39. The van der Waals surface area contributed by atoms with E-state index in [2.05, 4.69) is 5.32 Å². The second-order valence-corrected chi connectivity index (χ2v) is 4.64. The van der Waals surface area contributed by atoms with Crippen LogP contribution in [0.4, 0.5) is 13.6 Å². The zero-order chi connectivity index (χ0) is 13.5. The maximum atomic E-state index is 13.5. The summed E-state index contributed by atoms with van der Waals surface area (Å²) in [7, 11) is 0. The van der Waals surface area contributed by atoms with Crippen molar-refractivity contribution >= 4 is 11.9 Å². The molecule has 1 aromatic carbocycles. The average Bonchev–Trinajstić information content (AvgIpc) is 2.44. The third kappa shape index (κ3) is 1.94. The molecule has 1 N–H and O–H groups in total. The van der Waals surface area contributed by atoms with E-state index < -0.39 is 29.1 Å². The van der Waals surface area contributed by atoms with Gasteiger partial charge in [-0.2, -0.15) is 0 Å². The Hall–Kier alpha value is -1.98. The smallest absolute Gasteiger partial charge is 0.306 e. The minimum absolute atomic E-state index is 0.0866. The van der Waals surface area contributed by atoms with Gasteiger partial charge in [0.05, 0.1) is 6.54 Å². The SMILES string of the molecule is CC1(C)C(=O)NC(=O)N1Cc1ccc(F)cc1F. The predicted octanol–water partition coefficient (Wildman–Crippen LogP) is 1.80. The number of imide groups is 1. The quantitative estimate of drug-likeness (QED) is 0.818. The van der Waals surface area contributed by atoms with Crippen LogP contribution in [0.3, 0.4) is 0 Å². The Morgan fingerprint density at radius 2 is 1.94 bits per heavy atom. The number of carbonyl (C=O) groups is 2. The first-order valence-electron chi connectivity index (χ1n) is 5.39. The van der Waals surface area contributed by atoms with Crippen molar-refractivity contribution in [3.8, 4) is 0 Å². The van der Waals surface area contributed by atoms with Crippen molar-refractivity contribution in [3.63, 3.8) is 0 Å². The van der Waals surface area contributed by atoms with E-state index in [0.717, 1.165) is 12.1 Å². The maximum Gasteiger partial charge on any atom is 0.325 e. The molecule has 0 bridgehead atoms. The van der Waals surface area contributed by atoms with Crippen LogP contribution in [-0.4, -0.2) is 22.4 Å². The van der Waals surface area contributed by atoms with Crippen LogP contribution in [0.25, 0.3) is 0 Å². The lowest BCUT2D eigenvalue weighted by Crippen LogP contribution is -2.43. The van der Waals surface area contributed by atoms with Gasteiger partial charge in [-0.05, 0) is 19.9 Å². The number of amides is 3. The summed E-state index contributed by atoms with van der Waals surface area (Å²) in [6, 6.07) is 2.55. The topological polar surface area (TPSA) is 49.4 Å². The van der Waals surface area contributed by atoms with Crippen LogP contribution in [0.2, 0.25) is 0 Å². The molecule has 0 radical (unpaired) electrons. The largest absolute Gasteiger partial charge is 0.325 e. The van der Waals surface area contributed by atoms with Crippen LogP contribution in [-0.2, 0) is 11.3 Å². The summed E-state index contributed by atoms with van der Waals surface area (Å²) in [6.07, 6.45) is 0. The molecule has 1 saturated heterocycles. The summed E-state index contributed by atoms with van der Waals surface area (Å²) in [4.78, 5) is 24.3. The van der Waals surface area contributed by atoms with Gasteiger partial charge in [-0.3, -0.25) is 10.1 Å². The molecule has 1 aromatic rings. The van der Waals surface area contributed by atoms with Crippen molar-refractivity contribution in [2.45, 2.75) is 25.9 Å². The van der Waals surface area contributed by atoms with Crippen LogP contribution in [0.5, 0.6) is 0 Å². The molecule has 2 rings (SSSR count). The van der Waals surface area contributed by atoms with E-state index in [0.29, 0.717) is 0 Å². The number of rotatable bonds is 2. The minimum atomic E-state index is -1.04. The van der Waals surface area contributed by atoms with Crippen molar-refractivity contribution in [2.75, 3.05) is 0 Å². The van der Waals surface area contributed by atoms with Gasteiger partial charge in [0.25, 0.3) is 5.91 Å². The van der Waals surface area contributed by atoms with Gasteiger partial charge >= 0.3 is 6.03 Å². The summed E-state index contributed by atoms with van der Waals surface area (Å²) in [5, 5.41) is 2.16. The van der Waals surface area contributed by atoms with Gasteiger partial charge in [-0.1, -0.05) is 6.07 Å². The summed E-state index contributed by atoms with van der Waals surface area (Å²) < 4.78 is 26.3. The zero-order valence-corrected chi connectivity index (χ0v) is 9.96. The van der Waals surface area contributed by atoms with Gasteiger partial charge in [-0.25, -0.2) is 13.6 Å². The van der Waals surface area contributed by atoms with Crippen molar-refractivity contribution in [2.24, 2.45) is 0 Å². The molecule has 0 saturated carbocycles. The molecule has 1 heterocycles. The van der Waals surface area contributed by atoms with Crippen molar-refractivity contribution in [1.29, 1.82) is 0 Å². The van der Waals surface area contributed by atoms with Crippen molar-refractivity contribution in [1.82, 2.24) is 10.2 Å². The Morgan fingerprint density at radius 1 is 1.28 bits per heavy atom. The van der Waals surface area contributed by atoms with Crippen LogP contribution in [0.15, 0.2) is 18.2 Å². The molecule has 18 heavy (non-hydrogen) atoms. The predicted molar refractivity (Wildman–Crippen MR) is 59.5 cm³/mol. The summed E-state index contributed by atoms with van der Waals surface area (Å²) in [5.74, 6) is -1.86. The summed E-state index contributed by atoms with van der Waals surface area (Å²) >= 11 is 0. The Labute approximate surface area is 103 Å². The first kappa shape index (κ1) is 12.5. The maximum absolute atomic E-state index is 13.5. The highest BCUT2D eigenvalue weighted by molar-refractivity contribution is 6.06. The van der Waals surface area contributed by atoms with Gasteiger partial charge < -0.3 is 4.90 Å². The molecule has 4 nitrogen and oxygen atoms in total. The fraction of sp³-hybridized carbons (Fsp3) is 0.333. The number of benzene rings is 1. The third-order valence-corrected chi connectivity index (χ3v) is 3.04. The summed E-state index contributed by atoms with van der Waals surface area (Å²) in [5.41, 5.74) is -0.882. The molecular formula is C12H12F2N2O2. The van der Waals surface area contributed by atoms with Crippen molar-refractivity contribution in [3.05, 3.63) is 35.4 Å². The van der Waals surface area contributed by atoms with Gasteiger partial charge in [0.1, 0.15) is 17.2 Å². The number of halogens is 2. The number of nitrogens with zero attached hydrogens (tertiary/aromatic N) is 1.